The van der Waals surface area contributed by atoms with E-state index >= 15 is 0 Å². The van der Waals surface area contributed by atoms with Gasteiger partial charge in [0.2, 0.25) is 0 Å². The molecule has 0 bridgehead atoms. The van der Waals surface area contributed by atoms with E-state index < -0.39 is 13.3 Å². The summed E-state index contributed by atoms with van der Waals surface area (Å²) in [7, 11) is 0. The van der Waals surface area contributed by atoms with Gasteiger partial charge in [0.15, 0.2) is 0 Å². The first kappa shape index (κ1) is 36.9. The summed E-state index contributed by atoms with van der Waals surface area (Å²) in [6, 6.07) is 40.8. The maximum Gasteiger partial charge on any atom is 0.0245 e. The molecule has 0 aliphatic carbocycles. The molecule has 3 heterocycles. The van der Waals surface area contributed by atoms with Crippen LogP contribution in [0.3, 0.4) is 0 Å². The van der Waals surface area contributed by atoms with Crippen LogP contribution < -0.4 is 4.40 Å². The number of nitrogens with zero attached hydrogens (tertiary/aromatic N) is 2. The number of thiophene rings is 1. The van der Waals surface area contributed by atoms with Crippen LogP contribution in [0.25, 0.3) is 53.8 Å². The zero-order valence-corrected chi connectivity index (χ0v) is 35.0. The van der Waals surface area contributed by atoms with Gasteiger partial charge in [-0.2, -0.15) is 11.3 Å². The van der Waals surface area contributed by atoms with Gasteiger partial charge in [-0.1, -0.05) is 80.3 Å². The van der Waals surface area contributed by atoms with Gasteiger partial charge < -0.3 is 4.98 Å². The Morgan fingerprint density at radius 2 is 1.43 bits per heavy atom. The quantitative estimate of drug-likeness (QED) is 0.127. The molecule has 251 valence electrons. The fraction of sp³-hybridized carbons (Fsp3) is 0.227. The van der Waals surface area contributed by atoms with Gasteiger partial charge in [0.1, 0.15) is 0 Å². The van der Waals surface area contributed by atoms with E-state index in [1.165, 1.54) is 52.4 Å². The van der Waals surface area contributed by atoms with Crippen molar-refractivity contribution in [1.82, 2.24) is 9.97 Å². The normalized spacial score (nSPS) is 11.6. The Bertz CT molecular complexity index is 2190. The summed E-state index contributed by atoms with van der Waals surface area (Å²) in [5.74, 6) is 7.20. The molecular weight excluding hydrogens is 853 g/mol. The number of aromatic nitrogens is 2. The standard InChI is InChI=1S/C29H26NS.C15H18GeN.Ir/c1-19-18-30-26(15-22(19)17-29(2,3)4)25-12-8-11-24-23-14-13-21(16-27(23)31-28(24)25)20-9-6-5-7-10-20;1-12-10-15(13-8-6-5-7-9-13)17-11-14(12)16(2,3)4;/h5-11,13-16,18H,17H2,1-4H3;5-8,10-11H,1-4H3;/q2*-1;. The van der Waals surface area contributed by atoms with Crippen molar-refractivity contribution in [2.24, 2.45) is 5.41 Å². The molecule has 1 radical (unpaired) electrons. The molecule has 2 nitrogen and oxygen atoms in total. The van der Waals surface area contributed by atoms with Crippen LogP contribution >= 0.6 is 11.3 Å². The molecular formula is C44H44GeIrN2S-2. The number of aryl methyl sites for hydroxylation is 2. The molecule has 0 aliphatic rings. The van der Waals surface area contributed by atoms with Crippen molar-refractivity contribution < 1.29 is 20.1 Å². The van der Waals surface area contributed by atoms with Gasteiger partial charge in [0.25, 0.3) is 0 Å². The summed E-state index contributed by atoms with van der Waals surface area (Å²) in [5.41, 5.74) is 11.0. The Morgan fingerprint density at radius 1 is 0.694 bits per heavy atom. The molecule has 7 rings (SSSR count). The van der Waals surface area contributed by atoms with Crippen LogP contribution in [0.15, 0.2) is 109 Å². The predicted molar refractivity (Wildman–Crippen MR) is 211 cm³/mol. The van der Waals surface area contributed by atoms with Crippen LogP contribution in [0.4, 0.5) is 0 Å². The molecule has 7 aromatic rings. The molecule has 5 heteroatoms. The average Bonchev–Trinajstić information content (AvgIpc) is 3.44. The van der Waals surface area contributed by atoms with Crippen LogP contribution in [0, 0.1) is 31.4 Å². The summed E-state index contributed by atoms with van der Waals surface area (Å²) in [6.07, 6.45) is 5.13. The van der Waals surface area contributed by atoms with Gasteiger partial charge in [-0.15, -0.1) is 23.8 Å². The number of hydrogen-bond donors (Lipinski definition) is 0. The summed E-state index contributed by atoms with van der Waals surface area (Å²) < 4.78 is 4.06. The Balaban J connectivity index is 0.000000221. The molecule has 3 aromatic heterocycles. The summed E-state index contributed by atoms with van der Waals surface area (Å²) >= 11 is 0.0713. The molecule has 0 unspecified atom stereocenters. The maximum absolute atomic E-state index is 4.80. The third-order valence-corrected chi connectivity index (χ3v) is 14.3. The monoisotopic (exact) mass is 899 g/mol. The number of pyridine rings is 2. The van der Waals surface area contributed by atoms with E-state index in [1.807, 2.05) is 41.8 Å². The topological polar surface area (TPSA) is 25.8 Å². The molecule has 0 spiro atoms. The zero-order chi connectivity index (χ0) is 34.1. The minimum absolute atomic E-state index is 0. The van der Waals surface area contributed by atoms with Crippen molar-refractivity contribution in [2.75, 3.05) is 0 Å². The first-order valence-corrected chi connectivity index (χ1v) is 24.9. The van der Waals surface area contributed by atoms with E-state index in [-0.39, 0.29) is 25.5 Å². The minimum Gasteiger partial charge on any atom is -0.304 e. The second-order valence-corrected chi connectivity index (χ2v) is 26.5. The molecule has 0 fully saturated rings. The van der Waals surface area contributed by atoms with E-state index in [9.17, 15) is 0 Å². The van der Waals surface area contributed by atoms with Gasteiger partial charge in [-0.05, 0) is 57.3 Å². The molecule has 0 amide bonds. The fourth-order valence-corrected chi connectivity index (χ4v) is 11.1. The smallest absolute Gasteiger partial charge is 0.0245 e. The molecule has 49 heavy (non-hydrogen) atoms. The summed E-state index contributed by atoms with van der Waals surface area (Å²) in [6.45, 7) is 11.2. The van der Waals surface area contributed by atoms with E-state index in [0.717, 1.165) is 28.9 Å². The predicted octanol–water partition coefficient (Wildman–Crippen LogP) is 11.9. The Morgan fingerprint density at radius 3 is 2.10 bits per heavy atom. The molecule has 4 aromatic carbocycles. The van der Waals surface area contributed by atoms with Gasteiger partial charge in [0, 0.05) is 31.0 Å². The Kier molecular flexibility index (Phi) is 11.5. The van der Waals surface area contributed by atoms with Crippen molar-refractivity contribution in [3.05, 3.63) is 138 Å². The Hall–Kier alpha value is -3.41. The third-order valence-electron chi connectivity index (χ3n) is 8.64. The average molecular weight is 898 g/mol. The van der Waals surface area contributed by atoms with Crippen molar-refractivity contribution in [1.29, 1.82) is 0 Å². The van der Waals surface area contributed by atoms with Crippen molar-refractivity contribution in [2.45, 2.75) is 58.3 Å². The van der Waals surface area contributed by atoms with E-state index in [0.29, 0.717) is 0 Å². The SMILES string of the molecule is Cc1cc(-c2[c-]cccc2)nc[c]1[Ge]([CH3])([CH3])[CH3].Cc1cnc(-c2[c-]ccc3c2sc2cc(-c4ccccc4)ccc23)cc1CC(C)(C)C.[Ir]. The van der Waals surface area contributed by atoms with Gasteiger partial charge in [-0.25, -0.2) is 0 Å². The molecule has 0 aliphatic heterocycles. The van der Waals surface area contributed by atoms with Crippen molar-refractivity contribution in [3.8, 4) is 33.6 Å². The maximum atomic E-state index is 4.80. The van der Waals surface area contributed by atoms with Crippen molar-refractivity contribution >= 4 is 49.2 Å². The first-order valence-electron chi connectivity index (χ1n) is 16.7. The number of hydrogen-bond acceptors (Lipinski definition) is 3. The van der Waals surface area contributed by atoms with Crippen LogP contribution in [-0.4, -0.2) is 23.2 Å². The summed E-state index contributed by atoms with van der Waals surface area (Å²) in [4.78, 5) is 9.39. The fourth-order valence-electron chi connectivity index (χ4n) is 6.25. The molecule has 0 saturated heterocycles. The molecule has 0 saturated carbocycles. The van der Waals surface area contributed by atoms with Crippen LogP contribution in [0.2, 0.25) is 17.3 Å². The zero-order valence-electron chi connectivity index (χ0n) is 29.7. The number of benzene rings is 4. The van der Waals surface area contributed by atoms with Crippen molar-refractivity contribution in [3.63, 3.8) is 0 Å². The summed E-state index contributed by atoms with van der Waals surface area (Å²) in [5, 5.41) is 2.59. The van der Waals surface area contributed by atoms with E-state index in [4.69, 9.17) is 4.98 Å². The number of fused-ring (bicyclic) bond motifs is 3. The molecule has 0 N–H and O–H groups in total. The first-order chi connectivity index (χ1) is 22.9. The van der Waals surface area contributed by atoms with E-state index in [2.05, 4.69) is 148 Å². The Labute approximate surface area is 312 Å². The van der Waals surface area contributed by atoms with Crippen LogP contribution in [-0.2, 0) is 26.5 Å². The van der Waals surface area contributed by atoms with E-state index in [1.54, 1.807) is 0 Å². The van der Waals surface area contributed by atoms with Gasteiger partial charge in [0.05, 0.1) is 0 Å². The third kappa shape index (κ3) is 8.67. The second-order valence-electron chi connectivity index (χ2n) is 14.9. The van der Waals surface area contributed by atoms with Crippen LogP contribution in [0.1, 0.15) is 37.5 Å². The van der Waals surface area contributed by atoms with Crippen LogP contribution in [0.5, 0.6) is 0 Å². The molecule has 0 atom stereocenters. The largest absolute Gasteiger partial charge is 0.304 e. The van der Waals surface area contributed by atoms with Gasteiger partial charge in [-0.3, -0.25) is 0 Å². The second kappa shape index (κ2) is 15.2. The minimum atomic E-state index is -1.77. The number of rotatable bonds is 5. The van der Waals surface area contributed by atoms with Gasteiger partial charge >= 0.3 is 106 Å².